The average Bonchev–Trinajstić information content (AvgIpc) is 2.36. The van der Waals surface area contributed by atoms with Crippen LogP contribution in [-0.2, 0) is 0 Å². The summed E-state index contributed by atoms with van der Waals surface area (Å²) in [4.78, 5) is 0. The summed E-state index contributed by atoms with van der Waals surface area (Å²) in [7, 11) is 0. The van der Waals surface area contributed by atoms with Crippen molar-refractivity contribution in [2.24, 2.45) is 11.8 Å². The summed E-state index contributed by atoms with van der Waals surface area (Å²) < 4.78 is 0. The van der Waals surface area contributed by atoms with Gasteiger partial charge in [0.1, 0.15) is 0 Å². The summed E-state index contributed by atoms with van der Waals surface area (Å²) in [6, 6.07) is 0. The SMILES string of the molecule is C/C=C\C1=C(CC)C2=C(C=CCC2)C(C)C1C. The Morgan fingerprint density at radius 3 is 2.71 bits per heavy atom. The minimum atomic E-state index is 0.655. The van der Waals surface area contributed by atoms with Gasteiger partial charge in [0.05, 0.1) is 0 Å². The molecule has 0 heteroatoms. The lowest BCUT2D eigenvalue weighted by Gasteiger charge is -2.35. The van der Waals surface area contributed by atoms with Gasteiger partial charge < -0.3 is 0 Å². The maximum absolute atomic E-state index is 2.38. The van der Waals surface area contributed by atoms with Crippen LogP contribution in [0.4, 0.5) is 0 Å². The molecule has 0 heterocycles. The Bertz CT molecular complexity index is 415. The molecule has 2 unspecified atom stereocenters. The Hall–Kier alpha value is -1.04. The van der Waals surface area contributed by atoms with E-state index in [0.717, 1.165) is 0 Å². The zero-order chi connectivity index (χ0) is 12.4. The van der Waals surface area contributed by atoms with E-state index in [1.54, 1.807) is 22.3 Å². The van der Waals surface area contributed by atoms with Gasteiger partial charge in [-0.3, -0.25) is 0 Å². The van der Waals surface area contributed by atoms with Crippen molar-refractivity contribution < 1.29 is 0 Å². The Kier molecular flexibility index (Phi) is 3.71. The lowest BCUT2D eigenvalue weighted by molar-refractivity contribution is 0.496. The minimum absolute atomic E-state index is 0.655. The lowest BCUT2D eigenvalue weighted by Crippen LogP contribution is -2.21. The molecule has 2 aliphatic rings. The van der Waals surface area contributed by atoms with E-state index in [9.17, 15) is 0 Å². The molecule has 0 bridgehead atoms. The monoisotopic (exact) mass is 228 g/mol. The van der Waals surface area contributed by atoms with Crippen LogP contribution in [-0.4, -0.2) is 0 Å². The van der Waals surface area contributed by atoms with E-state index < -0.39 is 0 Å². The van der Waals surface area contributed by atoms with Crippen LogP contribution in [0.5, 0.6) is 0 Å². The summed E-state index contributed by atoms with van der Waals surface area (Å²) in [5.74, 6) is 1.32. The highest BCUT2D eigenvalue weighted by Crippen LogP contribution is 2.44. The fourth-order valence-electron chi connectivity index (χ4n) is 3.27. The van der Waals surface area contributed by atoms with Gasteiger partial charge in [-0.1, -0.05) is 45.1 Å². The van der Waals surface area contributed by atoms with Crippen LogP contribution in [0.25, 0.3) is 0 Å². The summed E-state index contributed by atoms with van der Waals surface area (Å²) in [6.45, 7) is 9.18. The van der Waals surface area contributed by atoms with Gasteiger partial charge in [-0.15, -0.1) is 0 Å². The zero-order valence-electron chi connectivity index (χ0n) is 11.6. The van der Waals surface area contributed by atoms with Gasteiger partial charge >= 0.3 is 0 Å². The Morgan fingerprint density at radius 1 is 1.29 bits per heavy atom. The molecule has 0 radical (unpaired) electrons. The number of hydrogen-bond donors (Lipinski definition) is 0. The number of allylic oxidation sites excluding steroid dienone is 8. The van der Waals surface area contributed by atoms with Crippen LogP contribution < -0.4 is 0 Å². The molecule has 0 aromatic carbocycles. The van der Waals surface area contributed by atoms with Gasteiger partial charge in [0.15, 0.2) is 0 Å². The van der Waals surface area contributed by atoms with E-state index >= 15 is 0 Å². The normalized spacial score (nSPS) is 29.2. The molecular formula is C17H24. The highest BCUT2D eigenvalue weighted by Gasteiger charge is 2.29. The van der Waals surface area contributed by atoms with E-state index in [-0.39, 0.29) is 0 Å². The predicted octanol–water partition coefficient (Wildman–Crippen LogP) is 5.20. The molecule has 0 fully saturated rings. The van der Waals surface area contributed by atoms with Crippen LogP contribution >= 0.6 is 0 Å². The van der Waals surface area contributed by atoms with E-state index in [4.69, 9.17) is 0 Å². The van der Waals surface area contributed by atoms with Crippen LogP contribution in [0, 0.1) is 11.8 Å². The van der Waals surface area contributed by atoms with Crippen molar-refractivity contribution in [2.75, 3.05) is 0 Å². The lowest BCUT2D eigenvalue weighted by atomic mass is 9.70. The van der Waals surface area contributed by atoms with Crippen LogP contribution in [0.1, 0.15) is 47.0 Å². The smallest absolute Gasteiger partial charge is 0.0121 e. The molecule has 0 nitrogen and oxygen atoms in total. The third kappa shape index (κ3) is 2.06. The first-order chi connectivity index (χ1) is 8.20. The summed E-state index contributed by atoms with van der Waals surface area (Å²) >= 11 is 0. The van der Waals surface area contributed by atoms with E-state index in [0.29, 0.717) is 11.8 Å². The highest BCUT2D eigenvalue weighted by molar-refractivity contribution is 5.52. The summed E-state index contributed by atoms with van der Waals surface area (Å²) in [6.07, 6.45) is 12.9. The van der Waals surface area contributed by atoms with Gasteiger partial charge in [0.25, 0.3) is 0 Å². The first-order valence-electron chi connectivity index (χ1n) is 6.96. The second-order valence-corrected chi connectivity index (χ2v) is 5.24. The molecule has 2 atom stereocenters. The van der Waals surface area contributed by atoms with E-state index in [1.165, 1.54) is 19.3 Å². The average molecular weight is 228 g/mol. The minimum Gasteiger partial charge on any atom is -0.0874 e. The molecule has 0 saturated carbocycles. The molecule has 0 aliphatic heterocycles. The maximum Gasteiger partial charge on any atom is -0.0121 e. The van der Waals surface area contributed by atoms with Crippen molar-refractivity contribution >= 4 is 0 Å². The van der Waals surface area contributed by atoms with Crippen molar-refractivity contribution in [1.82, 2.24) is 0 Å². The van der Waals surface area contributed by atoms with Gasteiger partial charge in [0, 0.05) is 0 Å². The van der Waals surface area contributed by atoms with Gasteiger partial charge in [-0.25, -0.2) is 0 Å². The first kappa shape index (κ1) is 12.4. The fraction of sp³-hybridized carbons (Fsp3) is 0.529. The largest absolute Gasteiger partial charge is 0.0874 e. The zero-order valence-corrected chi connectivity index (χ0v) is 11.6. The predicted molar refractivity (Wildman–Crippen MR) is 75.9 cm³/mol. The van der Waals surface area contributed by atoms with E-state index in [2.05, 4.69) is 52.0 Å². The van der Waals surface area contributed by atoms with Crippen LogP contribution in [0.15, 0.2) is 46.6 Å². The van der Waals surface area contributed by atoms with Crippen molar-refractivity contribution in [3.63, 3.8) is 0 Å². The fourth-order valence-corrected chi connectivity index (χ4v) is 3.27. The molecule has 0 spiro atoms. The number of rotatable bonds is 2. The Balaban J connectivity index is 2.56. The topological polar surface area (TPSA) is 0 Å². The molecule has 92 valence electrons. The molecule has 2 aliphatic carbocycles. The quantitative estimate of drug-likeness (QED) is 0.609. The highest BCUT2D eigenvalue weighted by atomic mass is 14.3. The van der Waals surface area contributed by atoms with Crippen molar-refractivity contribution in [1.29, 1.82) is 0 Å². The van der Waals surface area contributed by atoms with Crippen LogP contribution in [0.2, 0.25) is 0 Å². The van der Waals surface area contributed by atoms with Crippen molar-refractivity contribution in [2.45, 2.75) is 47.0 Å². The molecule has 17 heavy (non-hydrogen) atoms. The van der Waals surface area contributed by atoms with Crippen molar-refractivity contribution in [3.8, 4) is 0 Å². The molecule has 2 rings (SSSR count). The second-order valence-electron chi connectivity index (χ2n) is 5.24. The maximum atomic E-state index is 2.38. The molecule has 0 aromatic heterocycles. The molecule has 0 aromatic rings. The standard InChI is InChI=1S/C17H24/c1-5-9-15-12(3)13(4)16-10-7-8-11-17(16)14(15)6-2/h5,7,9-10,12-13H,6,8,11H2,1-4H3/b9-5-. The molecule has 0 amide bonds. The van der Waals surface area contributed by atoms with Gasteiger partial charge in [-0.2, -0.15) is 0 Å². The van der Waals surface area contributed by atoms with Crippen LogP contribution in [0.3, 0.4) is 0 Å². The third-order valence-electron chi connectivity index (χ3n) is 4.35. The second kappa shape index (κ2) is 5.08. The Morgan fingerprint density at radius 2 is 2.06 bits per heavy atom. The van der Waals surface area contributed by atoms with E-state index in [1.807, 2.05) is 0 Å². The number of hydrogen-bond acceptors (Lipinski definition) is 0. The van der Waals surface area contributed by atoms with Gasteiger partial charge in [0.2, 0.25) is 0 Å². The summed E-state index contributed by atoms with van der Waals surface area (Å²) in [5, 5.41) is 0. The van der Waals surface area contributed by atoms with Gasteiger partial charge in [-0.05, 0) is 60.3 Å². The Labute approximate surface area is 106 Å². The third-order valence-corrected chi connectivity index (χ3v) is 4.35. The molecular weight excluding hydrogens is 204 g/mol. The molecule has 0 saturated heterocycles. The first-order valence-corrected chi connectivity index (χ1v) is 6.96. The van der Waals surface area contributed by atoms with Crippen molar-refractivity contribution in [3.05, 3.63) is 46.6 Å². The summed E-state index contributed by atoms with van der Waals surface area (Å²) in [5.41, 5.74) is 6.45. The molecule has 0 N–H and O–H groups in total.